The molecule has 0 bridgehead atoms. The molecule has 0 unspecified atom stereocenters. The lowest BCUT2D eigenvalue weighted by molar-refractivity contribution is 0.0523. The summed E-state index contributed by atoms with van der Waals surface area (Å²) in [6.45, 7) is 3.44. The van der Waals surface area contributed by atoms with Gasteiger partial charge in [0.05, 0.1) is 17.9 Å². The topological polar surface area (TPSA) is 39.2 Å². The number of hydrogen-bond donors (Lipinski definition) is 0. The summed E-state index contributed by atoms with van der Waals surface area (Å²) in [5, 5.41) is 0. The van der Waals surface area contributed by atoms with Gasteiger partial charge in [0, 0.05) is 3.57 Å². The van der Waals surface area contributed by atoms with Gasteiger partial charge in [-0.05, 0) is 42.5 Å². The molecule has 1 aromatic heterocycles. The van der Waals surface area contributed by atoms with Crippen molar-refractivity contribution in [3.63, 3.8) is 0 Å². The Labute approximate surface area is 105 Å². The van der Waals surface area contributed by atoms with Gasteiger partial charge in [-0.15, -0.1) is 0 Å². The van der Waals surface area contributed by atoms with Crippen LogP contribution < -0.4 is 0 Å². The van der Waals surface area contributed by atoms with Crippen LogP contribution >= 0.6 is 22.6 Å². The summed E-state index contributed by atoms with van der Waals surface area (Å²) in [4.78, 5) is 15.2. The third-order valence-electron chi connectivity index (χ3n) is 1.88. The molecule has 1 aromatic rings. The van der Waals surface area contributed by atoms with Crippen molar-refractivity contribution >= 4 is 28.6 Å². The largest absolute Gasteiger partial charge is 0.462 e. The SMILES string of the molecule is CCOC(=O)c1c(I)cc(C(F)F)nc1C. The second kappa shape index (κ2) is 5.51. The molecule has 3 nitrogen and oxygen atoms in total. The minimum atomic E-state index is -2.64. The summed E-state index contributed by atoms with van der Waals surface area (Å²) in [5.74, 6) is -0.530. The molecule has 0 aliphatic heterocycles. The molecule has 6 heteroatoms. The number of pyridine rings is 1. The lowest BCUT2D eigenvalue weighted by Crippen LogP contribution is -2.11. The Morgan fingerprint density at radius 3 is 2.69 bits per heavy atom. The standard InChI is InChI=1S/C10H10F2INO2/c1-3-16-10(15)8-5(2)14-7(9(11)12)4-6(8)13/h4,9H,3H2,1-2H3. The zero-order valence-corrected chi connectivity index (χ0v) is 10.9. The average molecular weight is 341 g/mol. The summed E-state index contributed by atoms with van der Waals surface area (Å²) in [7, 11) is 0. The van der Waals surface area contributed by atoms with Crippen molar-refractivity contribution in [3.05, 3.63) is 26.6 Å². The predicted octanol–water partition coefficient (Wildman–Crippen LogP) is 3.11. The Bertz CT molecular complexity index is 387. The molecule has 0 atom stereocenters. The molecule has 0 fully saturated rings. The molecule has 0 aliphatic rings. The van der Waals surface area contributed by atoms with E-state index in [1.54, 1.807) is 6.92 Å². The maximum atomic E-state index is 12.4. The van der Waals surface area contributed by atoms with Gasteiger partial charge in [-0.1, -0.05) is 0 Å². The van der Waals surface area contributed by atoms with Gasteiger partial charge in [-0.3, -0.25) is 4.98 Å². The van der Waals surface area contributed by atoms with Crippen molar-refractivity contribution in [1.29, 1.82) is 0 Å². The van der Waals surface area contributed by atoms with Gasteiger partial charge >= 0.3 is 5.97 Å². The number of hydrogen-bond acceptors (Lipinski definition) is 3. The molecule has 0 saturated heterocycles. The molecule has 88 valence electrons. The maximum Gasteiger partial charge on any atom is 0.341 e. The molecular weight excluding hydrogens is 331 g/mol. The zero-order valence-electron chi connectivity index (χ0n) is 8.76. The van der Waals surface area contributed by atoms with Crippen LogP contribution in [0.15, 0.2) is 6.07 Å². The monoisotopic (exact) mass is 341 g/mol. The van der Waals surface area contributed by atoms with E-state index in [-0.39, 0.29) is 23.6 Å². The van der Waals surface area contributed by atoms with Gasteiger partial charge in [-0.2, -0.15) is 0 Å². The van der Waals surface area contributed by atoms with Crippen LogP contribution in [0.25, 0.3) is 0 Å². The van der Waals surface area contributed by atoms with E-state index in [1.165, 1.54) is 13.0 Å². The molecule has 16 heavy (non-hydrogen) atoms. The van der Waals surface area contributed by atoms with E-state index < -0.39 is 12.4 Å². The molecule has 0 aromatic carbocycles. The predicted molar refractivity (Wildman–Crippen MR) is 62.6 cm³/mol. The highest BCUT2D eigenvalue weighted by Gasteiger charge is 2.19. The van der Waals surface area contributed by atoms with Gasteiger partial charge in [0.15, 0.2) is 0 Å². The quantitative estimate of drug-likeness (QED) is 0.627. The second-order valence-corrected chi connectivity index (χ2v) is 4.17. The van der Waals surface area contributed by atoms with Crippen LogP contribution in [0, 0.1) is 10.5 Å². The Hall–Kier alpha value is -0.790. The number of alkyl halides is 2. The van der Waals surface area contributed by atoms with Crippen LogP contribution in [0.2, 0.25) is 0 Å². The van der Waals surface area contributed by atoms with Crippen molar-refractivity contribution in [2.45, 2.75) is 20.3 Å². The van der Waals surface area contributed by atoms with Crippen molar-refractivity contribution in [2.75, 3.05) is 6.61 Å². The van der Waals surface area contributed by atoms with Crippen LogP contribution in [-0.4, -0.2) is 17.6 Å². The Morgan fingerprint density at radius 2 is 2.25 bits per heavy atom. The summed E-state index contributed by atoms with van der Waals surface area (Å²) in [6, 6.07) is 1.20. The van der Waals surface area contributed by atoms with Gasteiger partial charge < -0.3 is 4.74 Å². The van der Waals surface area contributed by atoms with E-state index in [0.717, 1.165) is 0 Å². The van der Waals surface area contributed by atoms with E-state index in [4.69, 9.17) is 4.74 Å². The number of aryl methyl sites for hydroxylation is 1. The molecule has 0 saturated carbocycles. The van der Waals surface area contributed by atoms with Crippen molar-refractivity contribution in [1.82, 2.24) is 4.98 Å². The second-order valence-electron chi connectivity index (χ2n) is 3.01. The number of carbonyl (C=O) groups is 1. The van der Waals surface area contributed by atoms with Crippen molar-refractivity contribution < 1.29 is 18.3 Å². The van der Waals surface area contributed by atoms with Crippen molar-refractivity contribution in [2.24, 2.45) is 0 Å². The number of rotatable bonds is 3. The number of ether oxygens (including phenoxy) is 1. The summed E-state index contributed by atoms with van der Waals surface area (Å²) < 4.78 is 30.1. The maximum absolute atomic E-state index is 12.4. The summed E-state index contributed by atoms with van der Waals surface area (Å²) in [5.41, 5.74) is 0.197. The van der Waals surface area contributed by atoms with Crippen LogP contribution in [0.4, 0.5) is 8.78 Å². The molecule has 0 aliphatic carbocycles. The fraction of sp³-hybridized carbons (Fsp3) is 0.400. The number of aromatic nitrogens is 1. The highest BCUT2D eigenvalue weighted by atomic mass is 127. The van der Waals surface area contributed by atoms with Crippen LogP contribution in [-0.2, 0) is 4.74 Å². The summed E-state index contributed by atoms with van der Waals surface area (Å²) in [6.07, 6.45) is -2.64. The zero-order chi connectivity index (χ0) is 12.3. The smallest absolute Gasteiger partial charge is 0.341 e. The number of nitrogens with zero attached hydrogens (tertiary/aromatic N) is 1. The van der Waals surface area contributed by atoms with Crippen LogP contribution in [0.1, 0.15) is 35.1 Å². The van der Waals surface area contributed by atoms with E-state index in [1.807, 2.05) is 22.6 Å². The molecule has 1 rings (SSSR count). The third kappa shape index (κ3) is 2.87. The lowest BCUT2D eigenvalue weighted by Gasteiger charge is -2.09. The Kier molecular flexibility index (Phi) is 4.57. The van der Waals surface area contributed by atoms with Crippen LogP contribution in [0.5, 0.6) is 0 Å². The highest BCUT2D eigenvalue weighted by Crippen LogP contribution is 2.23. The van der Waals surface area contributed by atoms with Gasteiger partial charge in [0.2, 0.25) is 0 Å². The van der Waals surface area contributed by atoms with Gasteiger partial charge in [0.1, 0.15) is 5.69 Å². The first-order valence-electron chi connectivity index (χ1n) is 4.59. The van der Waals surface area contributed by atoms with Gasteiger partial charge in [-0.25, -0.2) is 13.6 Å². The average Bonchev–Trinajstić information content (AvgIpc) is 2.16. The Balaban J connectivity index is 3.17. The number of carbonyl (C=O) groups excluding carboxylic acids is 1. The van der Waals surface area contributed by atoms with Crippen molar-refractivity contribution in [3.8, 4) is 0 Å². The first-order valence-corrected chi connectivity index (χ1v) is 5.67. The molecule has 0 spiro atoms. The fourth-order valence-electron chi connectivity index (χ4n) is 1.22. The first-order chi connectivity index (χ1) is 7.47. The van der Waals surface area contributed by atoms with Gasteiger partial charge in [0.25, 0.3) is 6.43 Å². The molecule has 0 radical (unpaired) electrons. The third-order valence-corrected chi connectivity index (χ3v) is 2.73. The summed E-state index contributed by atoms with van der Waals surface area (Å²) >= 11 is 1.83. The number of esters is 1. The van der Waals surface area contributed by atoms with E-state index in [9.17, 15) is 13.6 Å². The molecule has 0 N–H and O–H groups in total. The van der Waals surface area contributed by atoms with E-state index in [2.05, 4.69) is 4.98 Å². The molecular formula is C10H10F2INO2. The first kappa shape index (κ1) is 13.3. The normalized spacial score (nSPS) is 10.6. The van der Waals surface area contributed by atoms with E-state index in [0.29, 0.717) is 3.57 Å². The minimum Gasteiger partial charge on any atom is -0.462 e. The molecule has 1 heterocycles. The Morgan fingerprint density at radius 1 is 1.62 bits per heavy atom. The minimum absolute atomic E-state index is 0.241. The van der Waals surface area contributed by atoms with E-state index >= 15 is 0 Å². The number of halogens is 3. The lowest BCUT2D eigenvalue weighted by atomic mass is 10.2. The fourth-order valence-corrected chi connectivity index (χ4v) is 2.15. The molecule has 0 amide bonds. The highest BCUT2D eigenvalue weighted by molar-refractivity contribution is 14.1. The van der Waals surface area contributed by atoms with Crippen LogP contribution in [0.3, 0.4) is 0 Å².